The molecule has 0 spiro atoms. The summed E-state index contributed by atoms with van der Waals surface area (Å²) in [5.41, 5.74) is 0. The number of aliphatic carboxylic acids is 1. The van der Waals surface area contributed by atoms with Gasteiger partial charge in [0.25, 0.3) is 0 Å². The molecule has 0 radical (unpaired) electrons. The molecule has 0 aliphatic carbocycles. The van der Waals surface area contributed by atoms with E-state index in [1.165, 1.54) is 7.05 Å². The van der Waals surface area contributed by atoms with Gasteiger partial charge >= 0.3 is 12.0 Å². The SMILES string of the molecule is CC(C)OCCCCNC(=O)N(C)CC(=O)O. The second-order valence-electron chi connectivity index (χ2n) is 4.11. The lowest BCUT2D eigenvalue weighted by Crippen LogP contribution is -2.40. The van der Waals surface area contributed by atoms with Gasteiger partial charge in [-0.2, -0.15) is 0 Å². The Morgan fingerprint density at radius 1 is 1.35 bits per heavy atom. The van der Waals surface area contributed by atoms with E-state index < -0.39 is 5.97 Å². The molecule has 2 N–H and O–H groups in total. The highest BCUT2D eigenvalue weighted by Gasteiger charge is 2.10. The number of nitrogens with zero attached hydrogens (tertiary/aromatic N) is 1. The molecule has 0 aromatic rings. The molecule has 0 fully saturated rings. The highest BCUT2D eigenvalue weighted by Crippen LogP contribution is 1.94. The van der Waals surface area contributed by atoms with Gasteiger partial charge in [0, 0.05) is 20.2 Å². The van der Waals surface area contributed by atoms with Gasteiger partial charge in [-0.15, -0.1) is 0 Å². The maximum Gasteiger partial charge on any atom is 0.323 e. The van der Waals surface area contributed by atoms with E-state index in [2.05, 4.69) is 5.32 Å². The quantitative estimate of drug-likeness (QED) is 0.624. The van der Waals surface area contributed by atoms with Crippen LogP contribution in [-0.2, 0) is 9.53 Å². The van der Waals surface area contributed by atoms with Crippen LogP contribution in [0.1, 0.15) is 26.7 Å². The molecule has 100 valence electrons. The molecule has 0 aliphatic heterocycles. The zero-order valence-corrected chi connectivity index (χ0v) is 10.7. The number of carboxylic acids is 1. The number of ether oxygens (including phenoxy) is 1. The molecule has 0 heterocycles. The number of carbonyl (C=O) groups is 2. The molecule has 6 heteroatoms. The smallest absolute Gasteiger partial charge is 0.323 e. The molecule has 0 saturated carbocycles. The predicted molar refractivity (Wildman–Crippen MR) is 64.0 cm³/mol. The van der Waals surface area contributed by atoms with Crippen LogP contribution < -0.4 is 5.32 Å². The number of hydrogen-bond acceptors (Lipinski definition) is 3. The second kappa shape index (κ2) is 8.81. The van der Waals surface area contributed by atoms with E-state index in [0.717, 1.165) is 17.7 Å². The van der Waals surface area contributed by atoms with Crippen molar-refractivity contribution in [1.29, 1.82) is 0 Å². The van der Waals surface area contributed by atoms with E-state index in [1.807, 2.05) is 13.8 Å². The number of rotatable bonds is 8. The van der Waals surface area contributed by atoms with Crippen molar-refractivity contribution in [3.05, 3.63) is 0 Å². The normalized spacial score (nSPS) is 10.4. The molecule has 0 aromatic carbocycles. The first-order valence-electron chi connectivity index (χ1n) is 5.76. The van der Waals surface area contributed by atoms with Crippen molar-refractivity contribution >= 4 is 12.0 Å². The summed E-state index contributed by atoms with van der Waals surface area (Å²) in [6.07, 6.45) is 1.92. The Labute approximate surface area is 102 Å². The van der Waals surface area contributed by atoms with Gasteiger partial charge in [-0.05, 0) is 26.7 Å². The van der Waals surface area contributed by atoms with E-state index in [-0.39, 0.29) is 18.7 Å². The van der Waals surface area contributed by atoms with Crippen LogP contribution in [0.2, 0.25) is 0 Å². The molecule has 0 bridgehead atoms. The third-order valence-corrected chi connectivity index (χ3v) is 2.02. The van der Waals surface area contributed by atoms with Crippen LogP contribution in [0.15, 0.2) is 0 Å². The topological polar surface area (TPSA) is 78.9 Å². The summed E-state index contributed by atoms with van der Waals surface area (Å²) in [7, 11) is 1.45. The van der Waals surface area contributed by atoms with Crippen molar-refractivity contribution in [2.24, 2.45) is 0 Å². The van der Waals surface area contributed by atoms with Crippen LogP contribution in [0.3, 0.4) is 0 Å². The summed E-state index contributed by atoms with van der Waals surface area (Å²) in [6, 6.07) is -0.364. The Kier molecular flexibility index (Phi) is 8.13. The standard InChI is InChI=1S/C11H22N2O4/c1-9(2)17-7-5-4-6-12-11(16)13(3)8-10(14)15/h9H,4-8H2,1-3H3,(H,12,16)(H,14,15). The summed E-state index contributed by atoms with van der Waals surface area (Å²) in [5.74, 6) is -1.02. The maximum absolute atomic E-state index is 11.3. The molecular formula is C11H22N2O4. The van der Waals surface area contributed by atoms with Crippen LogP contribution in [0.5, 0.6) is 0 Å². The van der Waals surface area contributed by atoms with Gasteiger partial charge in [0.1, 0.15) is 6.54 Å². The van der Waals surface area contributed by atoms with Crippen LogP contribution in [0, 0.1) is 0 Å². The van der Waals surface area contributed by atoms with Gasteiger partial charge in [0.2, 0.25) is 0 Å². The molecule has 0 aromatic heterocycles. The van der Waals surface area contributed by atoms with Gasteiger partial charge in [0.05, 0.1) is 6.10 Å². The van der Waals surface area contributed by atoms with Gasteiger partial charge < -0.3 is 20.1 Å². The molecule has 0 atom stereocenters. The average molecular weight is 246 g/mol. The van der Waals surface area contributed by atoms with E-state index >= 15 is 0 Å². The average Bonchev–Trinajstić information content (AvgIpc) is 2.21. The van der Waals surface area contributed by atoms with Crippen LogP contribution >= 0.6 is 0 Å². The number of amides is 2. The number of urea groups is 1. The fourth-order valence-corrected chi connectivity index (χ4v) is 1.15. The summed E-state index contributed by atoms with van der Waals surface area (Å²) in [6.45, 7) is 4.87. The second-order valence-corrected chi connectivity index (χ2v) is 4.11. The van der Waals surface area contributed by atoms with Gasteiger partial charge in [-0.1, -0.05) is 0 Å². The summed E-state index contributed by atoms with van der Waals surface area (Å²) in [4.78, 5) is 22.8. The number of hydrogen-bond donors (Lipinski definition) is 2. The number of carbonyl (C=O) groups excluding carboxylic acids is 1. The summed E-state index contributed by atoms with van der Waals surface area (Å²) >= 11 is 0. The number of likely N-dealkylation sites (N-methyl/N-ethyl adjacent to an activating group) is 1. The lowest BCUT2D eigenvalue weighted by atomic mass is 10.3. The third kappa shape index (κ3) is 9.62. The van der Waals surface area contributed by atoms with Gasteiger partial charge in [-0.25, -0.2) is 4.79 Å². The summed E-state index contributed by atoms with van der Waals surface area (Å²) in [5, 5.41) is 11.1. The number of nitrogens with one attached hydrogen (secondary N) is 1. The molecule has 0 unspecified atom stereocenters. The minimum absolute atomic E-state index is 0.228. The van der Waals surface area contributed by atoms with Crippen LogP contribution in [0.4, 0.5) is 4.79 Å². The van der Waals surface area contributed by atoms with Gasteiger partial charge in [0.15, 0.2) is 0 Å². The van der Waals surface area contributed by atoms with Crippen LogP contribution in [-0.4, -0.2) is 54.9 Å². The molecule has 0 rings (SSSR count). The first-order valence-corrected chi connectivity index (χ1v) is 5.76. The number of carboxylic acid groups (broad SMARTS) is 1. The monoisotopic (exact) mass is 246 g/mol. The third-order valence-electron chi connectivity index (χ3n) is 2.02. The minimum atomic E-state index is -1.02. The van der Waals surface area contributed by atoms with Gasteiger partial charge in [-0.3, -0.25) is 4.79 Å². The van der Waals surface area contributed by atoms with Crippen molar-refractivity contribution in [1.82, 2.24) is 10.2 Å². The Morgan fingerprint density at radius 3 is 2.53 bits per heavy atom. The Bertz CT molecular complexity index is 244. The predicted octanol–water partition coefficient (Wildman–Crippen LogP) is 0.918. The Hall–Kier alpha value is -1.30. The van der Waals surface area contributed by atoms with E-state index in [1.54, 1.807) is 0 Å². The molecule has 17 heavy (non-hydrogen) atoms. The Balaban J connectivity index is 3.48. The fourth-order valence-electron chi connectivity index (χ4n) is 1.15. The maximum atomic E-state index is 11.3. The van der Waals surface area contributed by atoms with E-state index in [9.17, 15) is 9.59 Å². The molecule has 6 nitrogen and oxygen atoms in total. The number of unbranched alkanes of at least 4 members (excludes halogenated alkanes) is 1. The zero-order chi connectivity index (χ0) is 13.3. The minimum Gasteiger partial charge on any atom is -0.480 e. The molecule has 0 saturated heterocycles. The fraction of sp³-hybridized carbons (Fsp3) is 0.818. The molecule has 0 aliphatic rings. The Morgan fingerprint density at radius 2 is 2.00 bits per heavy atom. The van der Waals surface area contributed by atoms with Crippen molar-refractivity contribution in [3.8, 4) is 0 Å². The largest absolute Gasteiger partial charge is 0.480 e. The first kappa shape index (κ1) is 15.7. The van der Waals surface area contributed by atoms with E-state index in [4.69, 9.17) is 9.84 Å². The van der Waals surface area contributed by atoms with Crippen molar-refractivity contribution < 1.29 is 19.4 Å². The highest BCUT2D eigenvalue weighted by molar-refractivity contribution is 5.79. The van der Waals surface area contributed by atoms with Crippen molar-refractivity contribution in [2.75, 3.05) is 26.7 Å². The van der Waals surface area contributed by atoms with E-state index in [0.29, 0.717) is 13.2 Å². The van der Waals surface area contributed by atoms with Crippen molar-refractivity contribution in [2.45, 2.75) is 32.8 Å². The molecular weight excluding hydrogens is 224 g/mol. The zero-order valence-electron chi connectivity index (χ0n) is 10.7. The highest BCUT2D eigenvalue weighted by atomic mass is 16.5. The lowest BCUT2D eigenvalue weighted by Gasteiger charge is -2.15. The van der Waals surface area contributed by atoms with Crippen LogP contribution in [0.25, 0.3) is 0 Å². The lowest BCUT2D eigenvalue weighted by molar-refractivity contribution is -0.137. The first-order chi connectivity index (χ1) is 7.93. The van der Waals surface area contributed by atoms with Crippen molar-refractivity contribution in [3.63, 3.8) is 0 Å². The summed E-state index contributed by atoms with van der Waals surface area (Å²) < 4.78 is 5.35. The molecule has 2 amide bonds.